The quantitative estimate of drug-likeness (QED) is 0.699. The van der Waals surface area contributed by atoms with Crippen LogP contribution in [0.1, 0.15) is 16.8 Å². The largest absolute Gasteiger partial charge is 0.507 e. The molecule has 0 bridgehead atoms. The number of carboxylic acid groups (broad SMARTS) is 1. The molecular formula is C11H13NO5. The summed E-state index contributed by atoms with van der Waals surface area (Å²) in [6, 6.07) is 4.25. The van der Waals surface area contributed by atoms with E-state index in [0.29, 0.717) is 5.75 Å². The molecule has 6 heteroatoms. The summed E-state index contributed by atoms with van der Waals surface area (Å²) < 4.78 is 4.87. The van der Waals surface area contributed by atoms with Crippen LogP contribution in [0.25, 0.3) is 0 Å². The van der Waals surface area contributed by atoms with E-state index >= 15 is 0 Å². The molecule has 0 unspecified atom stereocenters. The molecule has 0 atom stereocenters. The summed E-state index contributed by atoms with van der Waals surface area (Å²) in [6.07, 6.45) is -0.164. The third kappa shape index (κ3) is 3.67. The molecule has 17 heavy (non-hydrogen) atoms. The lowest BCUT2D eigenvalue weighted by Crippen LogP contribution is -2.26. The predicted molar refractivity (Wildman–Crippen MR) is 59.2 cm³/mol. The van der Waals surface area contributed by atoms with Crippen molar-refractivity contribution in [3.63, 3.8) is 0 Å². The van der Waals surface area contributed by atoms with Gasteiger partial charge in [0.05, 0.1) is 19.1 Å². The molecule has 3 N–H and O–H groups in total. The molecule has 0 aliphatic heterocycles. The molecule has 92 valence electrons. The summed E-state index contributed by atoms with van der Waals surface area (Å²) >= 11 is 0. The Bertz CT molecular complexity index is 430. The number of methoxy groups -OCH3 is 1. The number of hydrogen-bond donors (Lipinski definition) is 3. The zero-order chi connectivity index (χ0) is 12.8. The summed E-state index contributed by atoms with van der Waals surface area (Å²) in [5.74, 6) is -1.29. The van der Waals surface area contributed by atoms with Crippen molar-refractivity contribution < 1.29 is 24.5 Å². The van der Waals surface area contributed by atoms with E-state index in [4.69, 9.17) is 9.84 Å². The number of aromatic hydroxyl groups is 1. The van der Waals surface area contributed by atoms with E-state index in [-0.39, 0.29) is 24.3 Å². The maximum absolute atomic E-state index is 11.5. The van der Waals surface area contributed by atoms with Gasteiger partial charge in [-0.1, -0.05) is 0 Å². The zero-order valence-corrected chi connectivity index (χ0v) is 9.27. The molecule has 1 aromatic carbocycles. The Hall–Kier alpha value is -2.24. The average Bonchev–Trinajstić information content (AvgIpc) is 2.28. The van der Waals surface area contributed by atoms with Crippen LogP contribution in [0, 0.1) is 0 Å². The number of phenols is 1. The summed E-state index contributed by atoms with van der Waals surface area (Å²) in [5.41, 5.74) is 0.0798. The molecule has 0 spiro atoms. The van der Waals surface area contributed by atoms with Gasteiger partial charge in [0.2, 0.25) is 0 Å². The minimum atomic E-state index is -0.996. The Labute approximate surface area is 97.8 Å². The molecule has 0 saturated carbocycles. The SMILES string of the molecule is COc1ccc(C(=O)NCCC(=O)O)c(O)c1. The lowest BCUT2D eigenvalue weighted by molar-refractivity contribution is -0.136. The first-order chi connectivity index (χ1) is 8.04. The van der Waals surface area contributed by atoms with E-state index in [1.807, 2.05) is 0 Å². The number of amides is 1. The minimum Gasteiger partial charge on any atom is -0.507 e. The summed E-state index contributed by atoms with van der Waals surface area (Å²) in [5, 5.41) is 20.3. The molecule has 1 rings (SSSR count). The van der Waals surface area contributed by atoms with Gasteiger partial charge in [-0.2, -0.15) is 0 Å². The first-order valence-corrected chi connectivity index (χ1v) is 4.91. The smallest absolute Gasteiger partial charge is 0.305 e. The summed E-state index contributed by atoms with van der Waals surface area (Å²) in [7, 11) is 1.45. The fourth-order valence-corrected chi connectivity index (χ4v) is 1.21. The lowest BCUT2D eigenvalue weighted by Gasteiger charge is -2.07. The highest BCUT2D eigenvalue weighted by atomic mass is 16.5. The van der Waals surface area contributed by atoms with Crippen LogP contribution >= 0.6 is 0 Å². The third-order valence-corrected chi connectivity index (χ3v) is 2.07. The molecule has 0 aliphatic carbocycles. The predicted octanol–water partition coefficient (Wildman–Crippen LogP) is 0.605. The van der Waals surface area contributed by atoms with Gasteiger partial charge in [-0.15, -0.1) is 0 Å². The second-order valence-electron chi connectivity index (χ2n) is 3.28. The van der Waals surface area contributed by atoms with Crippen molar-refractivity contribution in [2.45, 2.75) is 6.42 Å². The molecule has 1 aromatic rings. The minimum absolute atomic E-state index is 0.0135. The van der Waals surface area contributed by atoms with Crippen LogP contribution in [0.3, 0.4) is 0 Å². The maximum Gasteiger partial charge on any atom is 0.305 e. The average molecular weight is 239 g/mol. The molecule has 1 amide bonds. The van der Waals surface area contributed by atoms with Crippen molar-refractivity contribution in [1.82, 2.24) is 5.32 Å². The number of carboxylic acids is 1. The Balaban J connectivity index is 2.66. The summed E-state index contributed by atoms with van der Waals surface area (Å²) in [6.45, 7) is 0.0135. The molecule has 0 aromatic heterocycles. The van der Waals surface area contributed by atoms with Crippen LogP contribution in [-0.2, 0) is 4.79 Å². The van der Waals surface area contributed by atoms with E-state index in [2.05, 4.69) is 5.32 Å². The number of carbonyl (C=O) groups excluding carboxylic acids is 1. The fraction of sp³-hybridized carbons (Fsp3) is 0.273. The van der Waals surface area contributed by atoms with E-state index in [1.165, 1.54) is 25.3 Å². The number of ether oxygens (including phenoxy) is 1. The highest BCUT2D eigenvalue weighted by Crippen LogP contribution is 2.23. The number of phenolic OH excluding ortho intramolecular Hbond substituents is 1. The van der Waals surface area contributed by atoms with Crippen LogP contribution < -0.4 is 10.1 Å². The van der Waals surface area contributed by atoms with Gasteiger partial charge in [0, 0.05) is 12.6 Å². The molecule has 0 heterocycles. The molecular weight excluding hydrogens is 226 g/mol. The van der Waals surface area contributed by atoms with Crippen molar-refractivity contribution in [3.8, 4) is 11.5 Å². The Morgan fingerprint density at radius 1 is 1.41 bits per heavy atom. The van der Waals surface area contributed by atoms with Gasteiger partial charge in [-0.3, -0.25) is 9.59 Å². The topological polar surface area (TPSA) is 95.9 Å². The van der Waals surface area contributed by atoms with Crippen LogP contribution in [-0.4, -0.2) is 35.7 Å². The van der Waals surface area contributed by atoms with Crippen LogP contribution in [0.4, 0.5) is 0 Å². The van der Waals surface area contributed by atoms with E-state index in [1.54, 1.807) is 0 Å². The Morgan fingerprint density at radius 3 is 2.65 bits per heavy atom. The third-order valence-electron chi connectivity index (χ3n) is 2.07. The van der Waals surface area contributed by atoms with Crippen molar-refractivity contribution in [3.05, 3.63) is 23.8 Å². The number of carbonyl (C=O) groups is 2. The van der Waals surface area contributed by atoms with Crippen molar-refractivity contribution in [1.29, 1.82) is 0 Å². The van der Waals surface area contributed by atoms with Gasteiger partial charge < -0.3 is 20.3 Å². The monoisotopic (exact) mass is 239 g/mol. The Morgan fingerprint density at radius 2 is 2.12 bits per heavy atom. The van der Waals surface area contributed by atoms with Crippen LogP contribution in [0.5, 0.6) is 11.5 Å². The number of nitrogens with one attached hydrogen (secondary N) is 1. The van der Waals surface area contributed by atoms with Gasteiger partial charge in [-0.25, -0.2) is 0 Å². The maximum atomic E-state index is 11.5. The first-order valence-electron chi connectivity index (χ1n) is 4.91. The fourth-order valence-electron chi connectivity index (χ4n) is 1.21. The normalized spacial score (nSPS) is 9.71. The van der Waals surface area contributed by atoms with Crippen molar-refractivity contribution >= 4 is 11.9 Å². The highest BCUT2D eigenvalue weighted by Gasteiger charge is 2.11. The molecule has 0 fully saturated rings. The molecule has 0 saturated heterocycles. The first kappa shape index (κ1) is 12.8. The molecule has 0 radical (unpaired) electrons. The Kier molecular flexibility index (Phi) is 4.33. The van der Waals surface area contributed by atoms with Gasteiger partial charge in [0.1, 0.15) is 11.5 Å². The lowest BCUT2D eigenvalue weighted by atomic mass is 10.2. The zero-order valence-electron chi connectivity index (χ0n) is 9.27. The number of benzene rings is 1. The van der Waals surface area contributed by atoms with Crippen LogP contribution in [0.15, 0.2) is 18.2 Å². The second kappa shape index (κ2) is 5.74. The highest BCUT2D eigenvalue weighted by molar-refractivity contribution is 5.97. The second-order valence-corrected chi connectivity index (χ2v) is 3.28. The van der Waals surface area contributed by atoms with Gasteiger partial charge in [0.15, 0.2) is 0 Å². The van der Waals surface area contributed by atoms with E-state index < -0.39 is 11.9 Å². The molecule has 0 aliphatic rings. The van der Waals surface area contributed by atoms with Crippen molar-refractivity contribution in [2.75, 3.05) is 13.7 Å². The van der Waals surface area contributed by atoms with Gasteiger partial charge in [0.25, 0.3) is 5.91 Å². The van der Waals surface area contributed by atoms with E-state index in [9.17, 15) is 14.7 Å². The number of rotatable bonds is 5. The van der Waals surface area contributed by atoms with Crippen LogP contribution in [0.2, 0.25) is 0 Å². The van der Waals surface area contributed by atoms with Gasteiger partial charge >= 0.3 is 5.97 Å². The number of aliphatic carboxylic acids is 1. The van der Waals surface area contributed by atoms with Gasteiger partial charge in [-0.05, 0) is 12.1 Å². The van der Waals surface area contributed by atoms with E-state index in [0.717, 1.165) is 0 Å². The molecule has 6 nitrogen and oxygen atoms in total. The summed E-state index contributed by atoms with van der Waals surface area (Å²) in [4.78, 5) is 21.8. The standard InChI is InChI=1S/C11H13NO5/c1-17-7-2-3-8(9(13)6-7)11(16)12-5-4-10(14)15/h2-3,6,13H,4-5H2,1H3,(H,12,16)(H,14,15). The van der Waals surface area contributed by atoms with Crippen molar-refractivity contribution in [2.24, 2.45) is 0 Å². The number of hydrogen-bond acceptors (Lipinski definition) is 4.